The van der Waals surface area contributed by atoms with E-state index in [4.69, 9.17) is 20.9 Å². The van der Waals surface area contributed by atoms with Crippen molar-refractivity contribution in [2.24, 2.45) is 11.1 Å². The first-order valence-electron chi connectivity index (χ1n) is 3.67. The summed E-state index contributed by atoms with van der Waals surface area (Å²) in [5.74, 6) is -3.23. The highest BCUT2D eigenvalue weighted by Crippen LogP contribution is 2.44. The Morgan fingerprint density at radius 1 is 1.40 bits per heavy atom. The maximum Gasteiger partial charge on any atom is 0.490 e. The zero-order valence-corrected chi connectivity index (χ0v) is 7.34. The van der Waals surface area contributed by atoms with Crippen molar-refractivity contribution >= 4 is 11.9 Å². The van der Waals surface area contributed by atoms with Gasteiger partial charge >= 0.3 is 12.1 Å². The molecule has 0 atom stereocenters. The van der Waals surface area contributed by atoms with Crippen LogP contribution in [0.1, 0.15) is 12.8 Å². The number of nitrogens with zero attached hydrogens (tertiary/aromatic N) is 1. The van der Waals surface area contributed by atoms with Crippen LogP contribution in [0.5, 0.6) is 0 Å². The van der Waals surface area contributed by atoms with E-state index in [-0.39, 0.29) is 0 Å². The van der Waals surface area contributed by atoms with Gasteiger partial charge in [0.2, 0.25) is 5.91 Å². The molecule has 3 N–H and O–H groups in total. The molecule has 0 bridgehead atoms. The summed E-state index contributed by atoms with van der Waals surface area (Å²) in [6, 6.07) is 1.88. The largest absolute Gasteiger partial charge is 0.490 e. The van der Waals surface area contributed by atoms with Crippen LogP contribution < -0.4 is 5.73 Å². The molecule has 0 aromatic carbocycles. The molecule has 0 aromatic rings. The second-order valence-electron chi connectivity index (χ2n) is 2.86. The summed E-state index contributed by atoms with van der Waals surface area (Å²) in [7, 11) is 0. The van der Waals surface area contributed by atoms with Crippen LogP contribution >= 0.6 is 0 Å². The van der Waals surface area contributed by atoms with Gasteiger partial charge in [0.05, 0.1) is 6.07 Å². The van der Waals surface area contributed by atoms with E-state index in [0.717, 1.165) is 0 Å². The zero-order chi connectivity index (χ0) is 12.3. The fourth-order valence-electron chi connectivity index (χ4n) is 0.538. The topological polar surface area (TPSA) is 104 Å². The number of aliphatic carboxylic acids is 1. The van der Waals surface area contributed by atoms with Crippen LogP contribution in [0.4, 0.5) is 13.2 Å². The molecular weight excluding hydrogens is 217 g/mol. The summed E-state index contributed by atoms with van der Waals surface area (Å²) in [5.41, 5.74) is 4.12. The Morgan fingerprint density at radius 2 is 1.73 bits per heavy atom. The van der Waals surface area contributed by atoms with Crippen LogP contribution in [0.3, 0.4) is 0 Å². The Morgan fingerprint density at radius 3 is 1.73 bits per heavy atom. The van der Waals surface area contributed by atoms with Gasteiger partial charge in [-0.2, -0.15) is 18.4 Å². The van der Waals surface area contributed by atoms with Crippen molar-refractivity contribution in [3.8, 4) is 6.07 Å². The number of carboxylic acids is 1. The number of rotatable bonds is 1. The van der Waals surface area contributed by atoms with E-state index >= 15 is 0 Å². The number of carbonyl (C=O) groups excluding carboxylic acids is 1. The number of carboxylic acid groups (broad SMARTS) is 1. The molecule has 0 heterocycles. The van der Waals surface area contributed by atoms with Crippen molar-refractivity contribution in [3.05, 3.63) is 0 Å². The van der Waals surface area contributed by atoms with E-state index in [9.17, 15) is 18.0 Å². The molecule has 0 radical (unpaired) electrons. The molecular formula is C7H7F3N2O3. The first kappa shape index (κ1) is 13.2. The maximum absolute atomic E-state index is 10.6. The number of hydrogen-bond acceptors (Lipinski definition) is 3. The summed E-state index contributed by atoms with van der Waals surface area (Å²) >= 11 is 0. The van der Waals surface area contributed by atoms with Crippen molar-refractivity contribution in [3.63, 3.8) is 0 Å². The summed E-state index contributed by atoms with van der Waals surface area (Å²) < 4.78 is 31.7. The smallest absolute Gasteiger partial charge is 0.475 e. The number of alkyl halides is 3. The lowest BCUT2D eigenvalue weighted by atomic mass is 10.1. The lowest BCUT2D eigenvalue weighted by molar-refractivity contribution is -0.192. The quantitative estimate of drug-likeness (QED) is 0.672. The van der Waals surface area contributed by atoms with Gasteiger partial charge in [-0.15, -0.1) is 0 Å². The van der Waals surface area contributed by atoms with Crippen LogP contribution in [0, 0.1) is 16.7 Å². The number of hydrogen-bond donors (Lipinski definition) is 2. The number of amides is 1. The second-order valence-corrected chi connectivity index (χ2v) is 2.86. The molecule has 0 saturated heterocycles. The first-order chi connectivity index (χ1) is 6.65. The highest BCUT2D eigenvalue weighted by Gasteiger charge is 2.49. The Hall–Kier alpha value is -1.78. The Labute approximate surface area is 82.3 Å². The second kappa shape index (κ2) is 4.16. The van der Waals surface area contributed by atoms with Gasteiger partial charge < -0.3 is 10.8 Å². The Balaban J connectivity index is 0.000000265. The van der Waals surface area contributed by atoms with Gasteiger partial charge in [-0.05, 0) is 12.8 Å². The van der Waals surface area contributed by atoms with Gasteiger partial charge in [-0.1, -0.05) is 0 Å². The third-order valence-electron chi connectivity index (χ3n) is 1.68. The molecule has 0 unspecified atom stereocenters. The van der Waals surface area contributed by atoms with Gasteiger partial charge in [0.25, 0.3) is 0 Å². The molecule has 1 fully saturated rings. The maximum atomic E-state index is 10.6. The minimum atomic E-state index is -5.08. The lowest BCUT2D eigenvalue weighted by Crippen LogP contribution is -2.22. The molecule has 8 heteroatoms. The Bertz CT molecular complexity index is 314. The standard InChI is InChI=1S/C5H6N2O.C2HF3O2/c6-3-5(1-2-5)4(7)8;3-2(4,5)1(6)7/h1-2H2,(H2,7,8);(H,6,7). The highest BCUT2D eigenvalue weighted by molar-refractivity contribution is 5.86. The predicted molar refractivity (Wildman–Crippen MR) is 40.2 cm³/mol. The zero-order valence-electron chi connectivity index (χ0n) is 7.34. The normalized spacial score (nSPS) is 16.7. The third-order valence-corrected chi connectivity index (χ3v) is 1.68. The van der Waals surface area contributed by atoms with E-state index in [2.05, 4.69) is 0 Å². The molecule has 1 saturated carbocycles. The predicted octanol–water partition coefficient (Wildman–Crippen LogP) is 0.409. The van der Waals surface area contributed by atoms with E-state index in [0.29, 0.717) is 12.8 Å². The number of nitriles is 1. The number of halogens is 3. The van der Waals surface area contributed by atoms with E-state index in [1.54, 1.807) is 0 Å². The molecule has 1 rings (SSSR count). The van der Waals surface area contributed by atoms with Crippen molar-refractivity contribution in [2.75, 3.05) is 0 Å². The van der Waals surface area contributed by atoms with Gasteiger partial charge in [0.15, 0.2) is 0 Å². The number of carbonyl (C=O) groups is 2. The van der Waals surface area contributed by atoms with Crippen molar-refractivity contribution < 1.29 is 27.9 Å². The fourth-order valence-corrected chi connectivity index (χ4v) is 0.538. The van der Waals surface area contributed by atoms with Crippen LogP contribution in [-0.4, -0.2) is 23.2 Å². The van der Waals surface area contributed by atoms with Crippen LogP contribution in [0.2, 0.25) is 0 Å². The molecule has 0 aliphatic heterocycles. The summed E-state index contributed by atoms with van der Waals surface area (Å²) in [4.78, 5) is 19.2. The number of primary amides is 1. The van der Waals surface area contributed by atoms with E-state index < -0.39 is 23.5 Å². The van der Waals surface area contributed by atoms with E-state index in [1.807, 2.05) is 6.07 Å². The summed E-state index contributed by atoms with van der Waals surface area (Å²) in [5, 5.41) is 15.4. The molecule has 0 spiro atoms. The van der Waals surface area contributed by atoms with Gasteiger partial charge in [-0.25, -0.2) is 4.79 Å². The number of nitrogens with two attached hydrogens (primary N) is 1. The molecule has 1 aliphatic rings. The van der Waals surface area contributed by atoms with Crippen LogP contribution in [0.25, 0.3) is 0 Å². The van der Waals surface area contributed by atoms with Crippen LogP contribution in [-0.2, 0) is 9.59 Å². The van der Waals surface area contributed by atoms with Crippen LogP contribution in [0.15, 0.2) is 0 Å². The summed E-state index contributed by atoms with van der Waals surface area (Å²) in [6.45, 7) is 0. The SMILES string of the molecule is N#CC1(C(N)=O)CC1.O=C(O)C(F)(F)F. The van der Waals surface area contributed by atoms with Crippen molar-refractivity contribution in [1.29, 1.82) is 5.26 Å². The lowest BCUT2D eigenvalue weighted by Gasteiger charge is -1.93. The van der Waals surface area contributed by atoms with E-state index in [1.165, 1.54) is 0 Å². The first-order valence-corrected chi connectivity index (χ1v) is 3.67. The van der Waals surface area contributed by atoms with Gasteiger partial charge in [0.1, 0.15) is 5.41 Å². The highest BCUT2D eigenvalue weighted by atomic mass is 19.4. The molecule has 1 aliphatic carbocycles. The third kappa shape index (κ3) is 3.84. The molecule has 84 valence electrons. The minimum Gasteiger partial charge on any atom is -0.475 e. The molecule has 15 heavy (non-hydrogen) atoms. The average molecular weight is 224 g/mol. The molecule has 1 amide bonds. The van der Waals surface area contributed by atoms with Gasteiger partial charge in [0, 0.05) is 0 Å². The average Bonchev–Trinajstić information content (AvgIpc) is 2.83. The molecule has 0 aromatic heterocycles. The van der Waals surface area contributed by atoms with Gasteiger partial charge in [-0.3, -0.25) is 4.79 Å². The van der Waals surface area contributed by atoms with Crippen molar-refractivity contribution in [2.45, 2.75) is 19.0 Å². The summed E-state index contributed by atoms with van der Waals surface area (Å²) in [6.07, 6.45) is -3.78. The van der Waals surface area contributed by atoms with Crippen molar-refractivity contribution in [1.82, 2.24) is 0 Å². The fraction of sp³-hybridized carbons (Fsp3) is 0.571. The molecule has 5 nitrogen and oxygen atoms in total. The Kier molecular flexibility index (Phi) is 3.67. The minimum absolute atomic E-state index is 0.472. The monoisotopic (exact) mass is 224 g/mol.